The van der Waals surface area contributed by atoms with Crippen LogP contribution in [0.4, 0.5) is 4.39 Å². The van der Waals surface area contributed by atoms with Crippen molar-refractivity contribution in [2.75, 3.05) is 20.4 Å². The molecule has 1 unspecified atom stereocenters. The fourth-order valence-electron chi connectivity index (χ4n) is 2.59. The van der Waals surface area contributed by atoms with Crippen molar-refractivity contribution in [3.63, 3.8) is 0 Å². The Morgan fingerprint density at radius 1 is 1.41 bits per heavy atom. The Morgan fingerprint density at radius 2 is 2.22 bits per heavy atom. The van der Waals surface area contributed by atoms with Crippen LogP contribution >= 0.6 is 46.9 Å². The summed E-state index contributed by atoms with van der Waals surface area (Å²) in [7, 11) is 1.62. The van der Waals surface area contributed by atoms with Gasteiger partial charge in [-0.2, -0.15) is 0 Å². The van der Waals surface area contributed by atoms with Gasteiger partial charge in [0, 0.05) is 36.1 Å². The van der Waals surface area contributed by atoms with Crippen LogP contribution in [0.1, 0.15) is 22.1 Å². The number of rotatable bonds is 5. The van der Waals surface area contributed by atoms with E-state index in [0.717, 1.165) is 4.88 Å². The zero-order valence-electron chi connectivity index (χ0n) is 14.5. The van der Waals surface area contributed by atoms with E-state index in [-0.39, 0.29) is 43.1 Å². The van der Waals surface area contributed by atoms with Crippen LogP contribution in [0.5, 0.6) is 5.75 Å². The molecular formula is C17H20ClFIN3O3S. The number of halogens is 3. The molecule has 1 aromatic carbocycles. The molecule has 27 heavy (non-hydrogen) atoms. The number of guanidine groups is 1. The molecule has 3 rings (SSSR count). The maximum atomic E-state index is 13.8. The second kappa shape index (κ2) is 10.4. The lowest BCUT2D eigenvalue weighted by Gasteiger charge is -2.21. The van der Waals surface area contributed by atoms with Gasteiger partial charge in [-0.3, -0.25) is 4.99 Å². The number of aliphatic imine (C=N–C) groups is 1. The predicted molar refractivity (Wildman–Crippen MR) is 115 cm³/mol. The second-order valence-electron chi connectivity index (χ2n) is 5.63. The van der Waals surface area contributed by atoms with E-state index < -0.39 is 6.10 Å². The molecule has 2 aromatic rings. The van der Waals surface area contributed by atoms with Gasteiger partial charge in [-0.05, 0) is 24.3 Å². The van der Waals surface area contributed by atoms with Crippen molar-refractivity contribution >= 4 is 52.9 Å². The Labute approximate surface area is 182 Å². The molecule has 0 spiro atoms. The third kappa shape index (κ3) is 5.92. The van der Waals surface area contributed by atoms with Crippen molar-refractivity contribution in [2.24, 2.45) is 4.99 Å². The molecule has 1 aliphatic rings. The van der Waals surface area contributed by atoms with E-state index >= 15 is 0 Å². The zero-order chi connectivity index (χ0) is 18.5. The molecule has 0 aliphatic carbocycles. The molecule has 6 nitrogen and oxygen atoms in total. The van der Waals surface area contributed by atoms with E-state index in [1.807, 2.05) is 0 Å². The van der Waals surface area contributed by atoms with E-state index in [9.17, 15) is 9.50 Å². The van der Waals surface area contributed by atoms with Crippen LogP contribution in [0.3, 0.4) is 0 Å². The standard InChI is InChI=1S/C17H19ClFN3O3S.HI/c1-20-17(22-7-13(23)14-2-3-15(18)26-14)21-6-10-4-12(19)5-11-8-24-9-25-16(10)11;/h2-5,13,23H,6-9H2,1H3,(H2,20,21,22);1H. The van der Waals surface area contributed by atoms with Crippen LogP contribution < -0.4 is 15.4 Å². The fourth-order valence-corrected chi connectivity index (χ4v) is 3.64. The Hall–Kier alpha value is -1.14. The third-order valence-corrected chi connectivity index (χ3v) is 5.14. The number of nitrogens with one attached hydrogen (secondary N) is 2. The van der Waals surface area contributed by atoms with E-state index in [2.05, 4.69) is 15.6 Å². The zero-order valence-corrected chi connectivity index (χ0v) is 18.4. The van der Waals surface area contributed by atoms with Gasteiger partial charge in [0.15, 0.2) is 12.8 Å². The Kier molecular flexibility index (Phi) is 8.55. The first kappa shape index (κ1) is 22.2. The summed E-state index contributed by atoms with van der Waals surface area (Å²) in [6, 6.07) is 6.36. The summed E-state index contributed by atoms with van der Waals surface area (Å²) in [6.45, 7) is 1.06. The smallest absolute Gasteiger partial charge is 0.191 e. The number of ether oxygens (including phenoxy) is 2. The van der Waals surface area contributed by atoms with Gasteiger partial charge >= 0.3 is 0 Å². The lowest BCUT2D eigenvalue weighted by Crippen LogP contribution is -2.39. The molecule has 148 valence electrons. The van der Waals surface area contributed by atoms with Gasteiger partial charge in [-0.15, -0.1) is 35.3 Å². The fraction of sp³-hybridized carbons (Fsp3) is 0.353. The van der Waals surface area contributed by atoms with E-state index in [1.165, 1.54) is 23.5 Å². The average Bonchev–Trinajstić information content (AvgIpc) is 3.07. The van der Waals surface area contributed by atoms with Gasteiger partial charge < -0.3 is 25.2 Å². The average molecular weight is 528 g/mol. The van der Waals surface area contributed by atoms with Crippen molar-refractivity contribution in [1.29, 1.82) is 0 Å². The molecule has 10 heteroatoms. The summed E-state index contributed by atoms with van der Waals surface area (Å²) in [5, 5.41) is 16.3. The molecule has 3 N–H and O–H groups in total. The van der Waals surface area contributed by atoms with E-state index in [1.54, 1.807) is 19.2 Å². The number of fused-ring (bicyclic) bond motifs is 1. The highest BCUT2D eigenvalue weighted by Crippen LogP contribution is 2.29. The minimum atomic E-state index is -0.700. The molecule has 0 saturated heterocycles. The van der Waals surface area contributed by atoms with Gasteiger partial charge in [0.25, 0.3) is 0 Å². The molecular weight excluding hydrogens is 508 g/mol. The number of nitrogens with zero attached hydrogens (tertiary/aromatic N) is 1. The van der Waals surface area contributed by atoms with Gasteiger partial charge in [0.2, 0.25) is 0 Å². The monoisotopic (exact) mass is 527 g/mol. The van der Waals surface area contributed by atoms with Crippen molar-refractivity contribution < 1.29 is 19.0 Å². The number of hydrogen-bond donors (Lipinski definition) is 3. The second-order valence-corrected chi connectivity index (χ2v) is 7.37. The molecule has 1 aliphatic heterocycles. The molecule has 1 atom stereocenters. The highest BCUT2D eigenvalue weighted by Gasteiger charge is 2.17. The molecule has 0 saturated carbocycles. The Balaban J connectivity index is 0.00000261. The molecule has 1 aromatic heterocycles. The van der Waals surface area contributed by atoms with Crippen molar-refractivity contribution in [1.82, 2.24) is 10.6 Å². The topological polar surface area (TPSA) is 75.1 Å². The highest BCUT2D eigenvalue weighted by atomic mass is 127. The minimum Gasteiger partial charge on any atom is -0.467 e. The number of aliphatic hydroxyl groups is 1. The number of benzene rings is 1. The van der Waals surface area contributed by atoms with Gasteiger partial charge in [0.05, 0.1) is 10.9 Å². The van der Waals surface area contributed by atoms with Gasteiger partial charge in [-0.25, -0.2) is 4.39 Å². The van der Waals surface area contributed by atoms with Crippen molar-refractivity contribution in [3.05, 3.63) is 50.4 Å². The maximum Gasteiger partial charge on any atom is 0.191 e. The SMILES string of the molecule is CN=C(NCc1cc(F)cc2c1OCOC2)NCC(O)c1ccc(Cl)s1.I. The lowest BCUT2D eigenvalue weighted by atomic mass is 10.1. The Morgan fingerprint density at radius 3 is 2.93 bits per heavy atom. The number of thiophene rings is 1. The van der Waals surface area contributed by atoms with Gasteiger partial charge in [-0.1, -0.05) is 11.6 Å². The lowest BCUT2D eigenvalue weighted by molar-refractivity contribution is -0.0173. The highest BCUT2D eigenvalue weighted by molar-refractivity contribution is 14.0. The first-order valence-corrected chi connectivity index (χ1v) is 9.16. The largest absolute Gasteiger partial charge is 0.467 e. The summed E-state index contributed by atoms with van der Waals surface area (Å²) in [5.41, 5.74) is 1.36. The molecule has 0 amide bonds. The molecule has 2 heterocycles. The predicted octanol–water partition coefficient (Wildman–Crippen LogP) is 3.42. The van der Waals surface area contributed by atoms with Crippen LogP contribution in [0, 0.1) is 5.82 Å². The quantitative estimate of drug-likeness (QED) is 0.316. The maximum absolute atomic E-state index is 13.8. The normalized spacial score (nSPS) is 14.6. The van der Waals surface area contributed by atoms with Crippen molar-refractivity contribution in [3.8, 4) is 5.75 Å². The molecule has 0 fully saturated rings. The third-order valence-electron chi connectivity index (χ3n) is 3.81. The summed E-state index contributed by atoms with van der Waals surface area (Å²) in [6.07, 6.45) is -0.700. The first-order valence-electron chi connectivity index (χ1n) is 7.96. The molecule has 0 bridgehead atoms. The summed E-state index contributed by atoms with van der Waals surface area (Å²) in [5.74, 6) is 0.772. The minimum absolute atomic E-state index is 0. The summed E-state index contributed by atoms with van der Waals surface area (Å²) < 4.78 is 25.1. The number of hydrogen-bond acceptors (Lipinski definition) is 5. The van der Waals surface area contributed by atoms with Gasteiger partial charge in [0.1, 0.15) is 17.7 Å². The van der Waals surface area contributed by atoms with Crippen LogP contribution in [0.25, 0.3) is 0 Å². The van der Waals surface area contributed by atoms with E-state index in [0.29, 0.717) is 40.3 Å². The van der Waals surface area contributed by atoms with Crippen LogP contribution in [-0.2, 0) is 17.9 Å². The summed E-state index contributed by atoms with van der Waals surface area (Å²) in [4.78, 5) is 4.88. The number of aliphatic hydroxyl groups excluding tert-OH is 1. The van der Waals surface area contributed by atoms with Crippen LogP contribution in [0.15, 0.2) is 29.3 Å². The van der Waals surface area contributed by atoms with Crippen LogP contribution in [-0.4, -0.2) is 31.5 Å². The van der Waals surface area contributed by atoms with E-state index in [4.69, 9.17) is 21.1 Å². The summed E-state index contributed by atoms with van der Waals surface area (Å²) >= 11 is 7.21. The van der Waals surface area contributed by atoms with Crippen LogP contribution in [0.2, 0.25) is 4.34 Å². The molecule has 0 radical (unpaired) electrons. The van der Waals surface area contributed by atoms with Crippen molar-refractivity contribution in [2.45, 2.75) is 19.3 Å². The first-order chi connectivity index (χ1) is 12.6. The Bertz CT molecular complexity index is 806.